The Morgan fingerprint density at radius 3 is 2.59 bits per heavy atom. The second kappa shape index (κ2) is 6.30. The Bertz CT molecular complexity index is 751. The molecule has 0 aliphatic carbocycles. The molecule has 0 radical (unpaired) electrons. The molecule has 22 heavy (non-hydrogen) atoms. The molecule has 0 saturated heterocycles. The summed E-state index contributed by atoms with van der Waals surface area (Å²) in [5, 5.41) is 9.37. The summed E-state index contributed by atoms with van der Waals surface area (Å²) in [6, 6.07) is 16.4. The summed E-state index contributed by atoms with van der Waals surface area (Å²) in [5.41, 5.74) is 4.21. The van der Waals surface area contributed by atoms with Gasteiger partial charge in [-0.05, 0) is 26.1 Å². The topological polar surface area (TPSA) is 40.8 Å². The number of pyridine rings is 1. The van der Waals surface area contributed by atoms with Gasteiger partial charge < -0.3 is 9.51 Å². The van der Waals surface area contributed by atoms with Gasteiger partial charge in [0.1, 0.15) is 5.65 Å². The minimum atomic E-state index is 0.109. The van der Waals surface area contributed by atoms with Crippen LogP contribution in [0.15, 0.2) is 54.7 Å². The molecular formula is C18H21N3O. The number of fused-ring (bicyclic) bond motifs is 1. The smallest absolute Gasteiger partial charge is 0.137 e. The molecule has 1 aromatic carbocycles. The van der Waals surface area contributed by atoms with Crippen molar-refractivity contribution < 1.29 is 5.11 Å². The summed E-state index contributed by atoms with van der Waals surface area (Å²) < 4.78 is 2.13. The quantitative estimate of drug-likeness (QED) is 0.787. The molecule has 0 spiro atoms. The Kier molecular flexibility index (Phi) is 4.22. The van der Waals surface area contributed by atoms with Crippen molar-refractivity contribution in [3.63, 3.8) is 0 Å². The molecular weight excluding hydrogens is 274 g/mol. The van der Waals surface area contributed by atoms with E-state index in [2.05, 4.69) is 21.4 Å². The first-order valence-corrected chi connectivity index (χ1v) is 7.53. The van der Waals surface area contributed by atoms with Gasteiger partial charge in [-0.2, -0.15) is 0 Å². The summed E-state index contributed by atoms with van der Waals surface area (Å²) in [6.07, 6.45) is 2.04. The van der Waals surface area contributed by atoms with Crippen LogP contribution in [0.2, 0.25) is 0 Å². The van der Waals surface area contributed by atoms with Crippen LogP contribution in [0.5, 0.6) is 0 Å². The van der Waals surface area contributed by atoms with E-state index in [9.17, 15) is 5.11 Å². The molecule has 0 fully saturated rings. The fraction of sp³-hybridized carbons (Fsp3) is 0.278. The molecule has 3 aromatic rings. The number of likely N-dealkylation sites (N-methyl/N-ethyl adjacent to an activating group) is 1. The molecule has 2 heterocycles. The molecule has 0 aliphatic heterocycles. The van der Waals surface area contributed by atoms with Gasteiger partial charge in [0.05, 0.1) is 18.0 Å². The molecule has 2 aromatic heterocycles. The van der Waals surface area contributed by atoms with Crippen molar-refractivity contribution in [3.05, 3.63) is 60.4 Å². The first-order valence-electron chi connectivity index (χ1n) is 7.53. The van der Waals surface area contributed by atoms with E-state index < -0.39 is 0 Å². The zero-order valence-corrected chi connectivity index (χ0v) is 13.0. The van der Waals surface area contributed by atoms with E-state index in [-0.39, 0.29) is 12.6 Å². The lowest BCUT2D eigenvalue weighted by Gasteiger charge is -2.23. The van der Waals surface area contributed by atoms with Crippen molar-refractivity contribution in [2.24, 2.45) is 0 Å². The minimum Gasteiger partial charge on any atom is -0.395 e. The van der Waals surface area contributed by atoms with Crippen molar-refractivity contribution in [3.8, 4) is 11.3 Å². The number of aromatic nitrogens is 2. The zero-order chi connectivity index (χ0) is 15.5. The third-order valence-corrected chi connectivity index (χ3v) is 4.09. The number of nitrogens with zero attached hydrogens (tertiary/aromatic N) is 3. The molecule has 1 atom stereocenters. The van der Waals surface area contributed by atoms with Crippen molar-refractivity contribution >= 4 is 5.65 Å². The monoisotopic (exact) mass is 295 g/mol. The maximum Gasteiger partial charge on any atom is 0.137 e. The summed E-state index contributed by atoms with van der Waals surface area (Å²) in [6.45, 7) is 2.90. The fourth-order valence-corrected chi connectivity index (χ4v) is 2.56. The lowest BCUT2D eigenvalue weighted by Crippen LogP contribution is -2.32. The Labute approximate surface area is 130 Å². The number of rotatable bonds is 5. The van der Waals surface area contributed by atoms with Crippen LogP contribution in [-0.4, -0.2) is 39.1 Å². The predicted molar refractivity (Wildman–Crippen MR) is 88.6 cm³/mol. The Morgan fingerprint density at radius 1 is 1.14 bits per heavy atom. The molecule has 4 nitrogen and oxygen atoms in total. The Hall–Kier alpha value is -2.17. The van der Waals surface area contributed by atoms with E-state index in [1.807, 2.05) is 56.6 Å². The molecule has 3 rings (SSSR count). The third kappa shape index (κ3) is 2.75. The second-order valence-corrected chi connectivity index (χ2v) is 5.65. The maximum absolute atomic E-state index is 9.37. The average Bonchev–Trinajstić information content (AvgIpc) is 2.93. The number of aliphatic hydroxyl groups is 1. The van der Waals surface area contributed by atoms with Crippen molar-refractivity contribution in [1.82, 2.24) is 14.3 Å². The highest BCUT2D eigenvalue weighted by molar-refractivity contribution is 5.66. The number of imidazole rings is 1. The van der Waals surface area contributed by atoms with Crippen LogP contribution in [0.25, 0.3) is 16.9 Å². The van der Waals surface area contributed by atoms with E-state index in [0.29, 0.717) is 0 Å². The fourth-order valence-electron chi connectivity index (χ4n) is 2.56. The van der Waals surface area contributed by atoms with Gasteiger partial charge in [0.25, 0.3) is 0 Å². The molecule has 1 N–H and O–H groups in total. The van der Waals surface area contributed by atoms with Gasteiger partial charge in [-0.1, -0.05) is 36.4 Å². The third-order valence-electron chi connectivity index (χ3n) is 4.09. The Balaban J connectivity index is 2.09. The highest BCUT2D eigenvalue weighted by Crippen LogP contribution is 2.25. The highest BCUT2D eigenvalue weighted by atomic mass is 16.3. The van der Waals surface area contributed by atoms with E-state index in [1.165, 1.54) is 0 Å². The molecule has 114 valence electrons. The van der Waals surface area contributed by atoms with Crippen LogP contribution in [-0.2, 0) is 6.54 Å². The predicted octanol–water partition coefficient (Wildman–Crippen LogP) is 2.81. The standard InChI is InChI=1S/C18H21N3O/c1-14(13-22)20(2)12-16-18(15-8-4-3-5-9-15)19-17-10-6-7-11-21(16)17/h3-11,14,22H,12-13H2,1-2H3. The molecule has 0 aliphatic rings. The van der Waals surface area contributed by atoms with E-state index >= 15 is 0 Å². The van der Waals surface area contributed by atoms with Crippen LogP contribution in [0.4, 0.5) is 0 Å². The summed E-state index contributed by atoms with van der Waals surface area (Å²) in [4.78, 5) is 6.94. The molecule has 4 heteroatoms. The van der Waals surface area contributed by atoms with Gasteiger partial charge in [-0.15, -0.1) is 0 Å². The lowest BCUT2D eigenvalue weighted by atomic mass is 10.1. The van der Waals surface area contributed by atoms with Gasteiger partial charge in [-0.3, -0.25) is 4.90 Å². The lowest BCUT2D eigenvalue weighted by molar-refractivity contribution is 0.153. The second-order valence-electron chi connectivity index (χ2n) is 5.65. The number of hydrogen-bond donors (Lipinski definition) is 1. The molecule has 0 saturated carbocycles. The van der Waals surface area contributed by atoms with Gasteiger partial charge >= 0.3 is 0 Å². The van der Waals surface area contributed by atoms with Gasteiger partial charge in [0, 0.05) is 24.3 Å². The first-order chi connectivity index (χ1) is 10.7. The van der Waals surface area contributed by atoms with Gasteiger partial charge in [0.2, 0.25) is 0 Å². The van der Waals surface area contributed by atoms with Crippen LogP contribution in [0.3, 0.4) is 0 Å². The van der Waals surface area contributed by atoms with E-state index in [1.54, 1.807) is 0 Å². The number of hydrogen-bond acceptors (Lipinski definition) is 3. The maximum atomic E-state index is 9.37. The van der Waals surface area contributed by atoms with Crippen molar-refractivity contribution in [2.45, 2.75) is 19.5 Å². The van der Waals surface area contributed by atoms with Gasteiger partial charge in [0.15, 0.2) is 0 Å². The van der Waals surface area contributed by atoms with Crippen LogP contribution in [0, 0.1) is 0 Å². The zero-order valence-electron chi connectivity index (χ0n) is 13.0. The Morgan fingerprint density at radius 2 is 1.86 bits per heavy atom. The molecule has 1 unspecified atom stereocenters. The largest absolute Gasteiger partial charge is 0.395 e. The van der Waals surface area contributed by atoms with Crippen LogP contribution < -0.4 is 0 Å². The molecule has 0 bridgehead atoms. The number of aliphatic hydroxyl groups excluding tert-OH is 1. The van der Waals surface area contributed by atoms with Crippen molar-refractivity contribution in [1.29, 1.82) is 0 Å². The number of benzene rings is 1. The summed E-state index contributed by atoms with van der Waals surface area (Å²) in [7, 11) is 2.03. The summed E-state index contributed by atoms with van der Waals surface area (Å²) in [5.74, 6) is 0. The molecule has 0 amide bonds. The first kappa shape index (κ1) is 14.8. The van der Waals surface area contributed by atoms with E-state index in [0.717, 1.165) is 29.1 Å². The van der Waals surface area contributed by atoms with Crippen molar-refractivity contribution in [2.75, 3.05) is 13.7 Å². The normalized spacial score (nSPS) is 12.9. The van der Waals surface area contributed by atoms with Crippen LogP contribution >= 0.6 is 0 Å². The minimum absolute atomic E-state index is 0.109. The SMILES string of the molecule is CC(CO)N(C)Cc1c(-c2ccccc2)nc2ccccn12. The van der Waals surface area contributed by atoms with Gasteiger partial charge in [-0.25, -0.2) is 4.98 Å². The average molecular weight is 295 g/mol. The summed E-state index contributed by atoms with van der Waals surface area (Å²) >= 11 is 0. The van der Waals surface area contributed by atoms with Crippen LogP contribution in [0.1, 0.15) is 12.6 Å². The highest BCUT2D eigenvalue weighted by Gasteiger charge is 2.17. The van der Waals surface area contributed by atoms with E-state index in [4.69, 9.17) is 4.98 Å².